The van der Waals surface area contributed by atoms with Crippen LogP contribution in [-0.4, -0.2) is 37.0 Å². The van der Waals surface area contributed by atoms with Crippen molar-refractivity contribution < 1.29 is 4.79 Å². The molecule has 1 aliphatic carbocycles. The van der Waals surface area contributed by atoms with Crippen molar-refractivity contribution in [3.05, 3.63) is 0 Å². The highest BCUT2D eigenvalue weighted by atomic mass is 35.5. The van der Waals surface area contributed by atoms with Crippen LogP contribution in [0.2, 0.25) is 0 Å². The Morgan fingerprint density at radius 3 is 2.24 bits per heavy atom. The van der Waals surface area contributed by atoms with Gasteiger partial charge in [0.15, 0.2) is 0 Å². The first-order chi connectivity index (χ1) is 7.72. The highest BCUT2D eigenvalue weighted by molar-refractivity contribution is 5.85. The van der Waals surface area contributed by atoms with Gasteiger partial charge in [0.2, 0.25) is 5.91 Å². The van der Waals surface area contributed by atoms with E-state index in [2.05, 4.69) is 12.2 Å². The summed E-state index contributed by atoms with van der Waals surface area (Å²) in [5, 5.41) is 3.22. The standard InChI is InChI=1S/C13H24N2O.ClH/c1-3-10-4-6-11(7-5-10)13(16)15(2)12-8-14-9-12;/h10-12,14H,3-9H2,1-2H3;1H. The molecule has 4 heteroatoms. The van der Waals surface area contributed by atoms with E-state index in [1.807, 2.05) is 11.9 Å². The number of halogens is 1. The summed E-state index contributed by atoms with van der Waals surface area (Å²) >= 11 is 0. The van der Waals surface area contributed by atoms with Gasteiger partial charge in [0.1, 0.15) is 0 Å². The SMILES string of the molecule is CCC1CCC(C(=O)N(C)C2CNC2)CC1.Cl. The van der Waals surface area contributed by atoms with Gasteiger partial charge in [-0.05, 0) is 31.6 Å². The molecule has 0 radical (unpaired) electrons. The van der Waals surface area contributed by atoms with Gasteiger partial charge in [-0.25, -0.2) is 0 Å². The minimum absolute atomic E-state index is 0. The second-order valence-corrected chi connectivity index (χ2v) is 5.39. The fourth-order valence-electron chi connectivity index (χ4n) is 2.83. The van der Waals surface area contributed by atoms with E-state index in [0.29, 0.717) is 17.9 Å². The topological polar surface area (TPSA) is 32.3 Å². The Hall–Kier alpha value is -0.280. The molecule has 0 aromatic rings. The first-order valence-electron chi connectivity index (χ1n) is 6.69. The van der Waals surface area contributed by atoms with Crippen LogP contribution in [-0.2, 0) is 4.79 Å². The summed E-state index contributed by atoms with van der Waals surface area (Å²) in [6, 6.07) is 0.455. The molecule has 100 valence electrons. The molecule has 1 heterocycles. The number of nitrogens with zero attached hydrogens (tertiary/aromatic N) is 1. The lowest BCUT2D eigenvalue weighted by Gasteiger charge is -2.38. The molecule has 2 aliphatic rings. The van der Waals surface area contributed by atoms with Gasteiger partial charge in [-0.2, -0.15) is 0 Å². The molecule has 1 N–H and O–H groups in total. The third-order valence-corrected chi connectivity index (χ3v) is 4.43. The summed E-state index contributed by atoms with van der Waals surface area (Å²) in [7, 11) is 1.97. The molecule has 0 aromatic heterocycles. The summed E-state index contributed by atoms with van der Waals surface area (Å²) in [5.41, 5.74) is 0. The quantitative estimate of drug-likeness (QED) is 0.843. The van der Waals surface area contributed by atoms with Crippen molar-refractivity contribution in [1.82, 2.24) is 10.2 Å². The van der Waals surface area contributed by atoms with Gasteiger partial charge < -0.3 is 10.2 Å². The van der Waals surface area contributed by atoms with E-state index in [-0.39, 0.29) is 12.4 Å². The van der Waals surface area contributed by atoms with E-state index >= 15 is 0 Å². The molecule has 0 spiro atoms. The Bertz CT molecular complexity index is 248. The lowest BCUT2D eigenvalue weighted by molar-refractivity contribution is -0.138. The van der Waals surface area contributed by atoms with E-state index in [1.54, 1.807) is 0 Å². The molecule has 1 aliphatic heterocycles. The second kappa shape index (κ2) is 6.60. The number of rotatable bonds is 3. The maximum atomic E-state index is 12.2. The number of likely N-dealkylation sites (N-methyl/N-ethyl adjacent to an activating group) is 1. The van der Waals surface area contributed by atoms with E-state index < -0.39 is 0 Å². The second-order valence-electron chi connectivity index (χ2n) is 5.39. The highest BCUT2D eigenvalue weighted by Gasteiger charge is 2.32. The zero-order valence-electron chi connectivity index (χ0n) is 10.9. The van der Waals surface area contributed by atoms with Gasteiger partial charge in [0.05, 0.1) is 6.04 Å². The van der Waals surface area contributed by atoms with Crippen molar-refractivity contribution in [2.45, 2.75) is 45.1 Å². The van der Waals surface area contributed by atoms with E-state index in [1.165, 1.54) is 19.3 Å². The Kier molecular flexibility index (Phi) is 5.74. The van der Waals surface area contributed by atoms with Crippen LogP contribution in [0.25, 0.3) is 0 Å². The van der Waals surface area contributed by atoms with Crippen molar-refractivity contribution in [3.8, 4) is 0 Å². The van der Waals surface area contributed by atoms with Crippen LogP contribution in [0, 0.1) is 11.8 Å². The smallest absolute Gasteiger partial charge is 0.225 e. The number of amides is 1. The van der Waals surface area contributed by atoms with Crippen LogP contribution in [0.3, 0.4) is 0 Å². The molecule has 1 amide bonds. The van der Waals surface area contributed by atoms with Gasteiger partial charge in [-0.15, -0.1) is 12.4 Å². The zero-order chi connectivity index (χ0) is 11.5. The summed E-state index contributed by atoms with van der Waals surface area (Å²) in [6.45, 7) is 4.22. The van der Waals surface area contributed by atoms with E-state index in [0.717, 1.165) is 31.8 Å². The number of hydrogen-bond acceptors (Lipinski definition) is 2. The van der Waals surface area contributed by atoms with Crippen molar-refractivity contribution in [3.63, 3.8) is 0 Å². The van der Waals surface area contributed by atoms with Crippen LogP contribution in [0.15, 0.2) is 0 Å². The molecule has 2 rings (SSSR count). The van der Waals surface area contributed by atoms with Crippen molar-refractivity contribution in [2.75, 3.05) is 20.1 Å². The van der Waals surface area contributed by atoms with Gasteiger partial charge in [0, 0.05) is 26.1 Å². The van der Waals surface area contributed by atoms with Crippen molar-refractivity contribution >= 4 is 18.3 Å². The molecule has 2 fully saturated rings. The minimum atomic E-state index is 0. The number of nitrogens with one attached hydrogen (secondary N) is 1. The normalized spacial score (nSPS) is 29.1. The highest BCUT2D eigenvalue weighted by Crippen LogP contribution is 2.31. The zero-order valence-corrected chi connectivity index (χ0v) is 11.8. The molecular weight excluding hydrogens is 236 g/mol. The fraction of sp³-hybridized carbons (Fsp3) is 0.923. The third-order valence-electron chi connectivity index (χ3n) is 4.43. The predicted molar refractivity (Wildman–Crippen MR) is 72.4 cm³/mol. The van der Waals surface area contributed by atoms with Crippen LogP contribution in [0.4, 0.5) is 0 Å². The largest absolute Gasteiger partial charge is 0.340 e. The Balaban J connectivity index is 0.00000144. The molecule has 17 heavy (non-hydrogen) atoms. The lowest BCUT2D eigenvalue weighted by Crippen LogP contribution is -2.58. The summed E-state index contributed by atoms with van der Waals surface area (Å²) in [4.78, 5) is 14.2. The maximum absolute atomic E-state index is 12.2. The molecule has 3 nitrogen and oxygen atoms in total. The van der Waals surface area contributed by atoms with Gasteiger partial charge in [-0.1, -0.05) is 13.3 Å². The monoisotopic (exact) mass is 260 g/mol. The molecule has 0 bridgehead atoms. The summed E-state index contributed by atoms with van der Waals surface area (Å²) in [5.74, 6) is 1.58. The van der Waals surface area contributed by atoms with Crippen LogP contribution in [0.1, 0.15) is 39.0 Å². The number of carbonyl (C=O) groups excluding carboxylic acids is 1. The van der Waals surface area contributed by atoms with Gasteiger partial charge in [0.25, 0.3) is 0 Å². The average molecular weight is 261 g/mol. The minimum Gasteiger partial charge on any atom is -0.340 e. The summed E-state index contributed by atoms with van der Waals surface area (Å²) in [6.07, 6.45) is 6.01. The van der Waals surface area contributed by atoms with E-state index in [4.69, 9.17) is 0 Å². The predicted octanol–water partition coefficient (Wildman–Crippen LogP) is 2.05. The van der Waals surface area contributed by atoms with Crippen LogP contribution >= 0.6 is 12.4 Å². The molecule has 1 saturated carbocycles. The molecule has 1 saturated heterocycles. The number of hydrogen-bond donors (Lipinski definition) is 1. The number of carbonyl (C=O) groups is 1. The maximum Gasteiger partial charge on any atom is 0.225 e. The average Bonchev–Trinajstić information content (AvgIpc) is 2.26. The van der Waals surface area contributed by atoms with Gasteiger partial charge >= 0.3 is 0 Å². The first-order valence-corrected chi connectivity index (χ1v) is 6.69. The Labute approximate surface area is 111 Å². The lowest BCUT2D eigenvalue weighted by atomic mass is 9.80. The fourth-order valence-corrected chi connectivity index (χ4v) is 2.83. The Morgan fingerprint density at radius 1 is 1.24 bits per heavy atom. The van der Waals surface area contributed by atoms with E-state index in [9.17, 15) is 4.79 Å². The van der Waals surface area contributed by atoms with Crippen LogP contribution in [0.5, 0.6) is 0 Å². The van der Waals surface area contributed by atoms with Crippen molar-refractivity contribution in [1.29, 1.82) is 0 Å². The molecule has 0 unspecified atom stereocenters. The van der Waals surface area contributed by atoms with Gasteiger partial charge in [-0.3, -0.25) is 4.79 Å². The third kappa shape index (κ3) is 3.35. The summed E-state index contributed by atoms with van der Waals surface area (Å²) < 4.78 is 0. The molecule has 0 aromatic carbocycles. The molecular formula is C13H25ClN2O. The first kappa shape index (κ1) is 14.8. The van der Waals surface area contributed by atoms with Crippen LogP contribution < -0.4 is 5.32 Å². The Morgan fingerprint density at radius 2 is 1.82 bits per heavy atom. The molecule has 0 atom stereocenters. The van der Waals surface area contributed by atoms with Crippen molar-refractivity contribution in [2.24, 2.45) is 11.8 Å².